The Morgan fingerprint density at radius 1 is 1.19 bits per heavy atom. The van der Waals surface area contributed by atoms with E-state index in [0.717, 1.165) is 0 Å². The van der Waals surface area contributed by atoms with Crippen molar-refractivity contribution in [2.24, 2.45) is 0 Å². The highest BCUT2D eigenvalue weighted by Crippen LogP contribution is 2.22. The first-order chi connectivity index (χ1) is 9.97. The van der Waals surface area contributed by atoms with E-state index in [-0.39, 0.29) is 16.5 Å². The van der Waals surface area contributed by atoms with Crippen molar-refractivity contribution in [2.45, 2.75) is 0 Å². The molecule has 0 aliphatic heterocycles. The zero-order chi connectivity index (χ0) is 15.4. The summed E-state index contributed by atoms with van der Waals surface area (Å²) in [6.07, 6.45) is 2.64. The van der Waals surface area contributed by atoms with Gasteiger partial charge in [0.15, 0.2) is 5.78 Å². The van der Waals surface area contributed by atoms with Crippen LogP contribution in [0.2, 0.25) is 10.0 Å². The lowest BCUT2D eigenvalue weighted by atomic mass is 10.1. The Bertz CT molecular complexity index is 719. The number of hydrogen-bond donors (Lipinski definition) is 1. The lowest BCUT2D eigenvalue weighted by molar-refractivity contribution is 0.104. The van der Waals surface area contributed by atoms with Crippen molar-refractivity contribution in [3.8, 4) is 0 Å². The number of carbonyl (C=O) groups excluding carboxylic acids is 1. The zero-order valence-electron chi connectivity index (χ0n) is 10.5. The largest absolute Gasteiger partial charge is 0.359 e. The van der Waals surface area contributed by atoms with E-state index in [1.807, 2.05) is 0 Å². The van der Waals surface area contributed by atoms with Gasteiger partial charge in [-0.2, -0.15) is 0 Å². The fraction of sp³-hybridized carbons (Fsp3) is 0. The lowest BCUT2D eigenvalue weighted by Gasteiger charge is -2.03. The van der Waals surface area contributed by atoms with E-state index < -0.39 is 5.82 Å². The summed E-state index contributed by atoms with van der Waals surface area (Å²) >= 11 is 14.9. The van der Waals surface area contributed by atoms with Crippen molar-refractivity contribution in [1.29, 1.82) is 0 Å². The standard InChI is InChI=1S/C15H9BrCl2FNO/c16-9-1-4-14(13(19)7-9)20-6-5-15(21)11-3-2-10(17)8-12(11)18/h1-8,20H/b6-5+. The van der Waals surface area contributed by atoms with Crippen molar-refractivity contribution >= 4 is 50.6 Å². The highest BCUT2D eigenvalue weighted by molar-refractivity contribution is 9.10. The molecular weight excluding hydrogens is 380 g/mol. The summed E-state index contributed by atoms with van der Waals surface area (Å²) in [5, 5.41) is 3.43. The third-order valence-corrected chi connectivity index (χ3v) is 3.64. The highest BCUT2D eigenvalue weighted by Gasteiger charge is 2.07. The second-order valence-electron chi connectivity index (χ2n) is 4.09. The molecule has 0 saturated heterocycles. The number of benzene rings is 2. The van der Waals surface area contributed by atoms with Crippen LogP contribution in [-0.2, 0) is 0 Å². The highest BCUT2D eigenvalue weighted by atomic mass is 79.9. The van der Waals surface area contributed by atoms with Gasteiger partial charge in [-0.25, -0.2) is 4.39 Å². The Kier molecular flexibility index (Phi) is 5.39. The molecule has 0 fully saturated rings. The van der Waals surface area contributed by atoms with E-state index in [2.05, 4.69) is 21.2 Å². The Morgan fingerprint density at radius 2 is 1.95 bits per heavy atom. The fourth-order valence-corrected chi connectivity index (χ4v) is 2.43. The fourth-order valence-electron chi connectivity index (χ4n) is 1.59. The van der Waals surface area contributed by atoms with Crippen LogP contribution in [0.1, 0.15) is 10.4 Å². The first-order valence-electron chi connectivity index (χ1n) is 5.85. The Morgan fingerprint density at radius 3 is 2.62 bits per heavy atom. The van der Waals surface area contributed by atoms with Gasteiger partial charge in [0, 0.05) is 27.3 Å². The quantitative estimate of drug-likeness (QED) is 0.537. The van der Waals surface area contributed by atoms with Crippen molar-refractivity contribution in [2.75, 3.05) is 5.32 Å². The molecule has 2 aromatic carbocycles. The van der Waals surface area contributed by atoms with Gasteiger partial charge in [0.05, 0.1) is 10.7 Å². The van der Waals surface area contributed by atoms with Crippen LogP contribution in [0.15, 0.2) is 53.1 Å². The number of carbonyl (C=O) groups is 1. The van der Waals surface area contributed by atoms with E-state index >= 15 is 0 Å². The van der Waals surface area contributed by atoms with Gasteiger partial charge in [-0.3, -0.25) is 4.79 Å². The Hall–Kier alpha value is -1.36. The van der Waals surface area contributed by atoms with Gasteiger partial charge < -0.3 is 5.32 Å². The average molecular weight is 389 g/mol. The van der Waals surface area contributed by atoms with Crippen LogP contribution in [0, 0.1) is 5.82 Å². The van der Waals surface area contributed by atoms with Gasteiger partial charge in [0.1, 0.15) is 5.82 Å². The van der Waals surface area contributed by atoms with Crippen LogP contribution in [0.3, 0.4) is 0 Å². The first-order valence-corrected chi connectivity index (χ1v) is 7.40. The smallest absolute Gasteiger partial charge is 0.188 e. The predicted molar refractivity (Wildman–Crippen MR) is 87.7 cm³/mol. The molecule has 1 N–H and O–H groups in total. The van der Waals surface area contributed by atoms with Gasteiger partial charge in [-0.1, -0.05) is 39.1 Å². The van der Waals surface area contributed by atoms with Gasteiger partial charge in [0.2, 0.25) is 0 Å². The Balaban J connectivity index is 2.08. The van der Waals surface area contributed by atoms with Crippen LogP contribution in [-0.4, -0.2) is 5.78 Å². The summed E-state index contributed by atoms with van der Waals surface area (Å²) in [5.74, 6) is -0.729. The van der Waals surface area contributed by atoms with Crippen LogP contribution >= 0.6 is 39.1 Å². The molecule has 0 unspecified atom stereocenters. The van der Waals surface area contributed by atoms with E-state index in [0.29, 0.717) is 15.1 Å². The molecule has 6 heteroatoms. The molecule has 0 aliphatic carbocycles. The maximum atomic E-state index is 13.6. The summed E-state index contributed by atoms with van der Waals surface area (Å²) in [6, 6.07) is 9.19. The summed E-state index contributed by atoms with van der Waals surface area (Å²) in [4.78, 5) is 12.0. The van der Waals surface area contributed by atoms with Crippen molar-refractivity contribution in [3.63, 3.8) is 0 Å². The van der Waals surface area contributed by atoms with Gasteiger partial charge in [-0.15, -0.1) is 0 Å². The van der Waals surface area contributed by atoms with E-state index in [1.54, 1.807) is 18.2 Å². The normalized spacial score (nSPS) is 10.9. The molecule has 108 valence electrons. The molecule has 0 aliphatic rings. The zero-order valence-corrected chi connectivity index (χ0v) is 13.6. The lowest BCUT2D eigenvalue weighted by Crippen LogP contribution is -1.98. The molecule has 0 saturated carbocycles. The van der Waals surface area contributed by atoms with E-state index in [9.17, 15) is 9.18 Å². The molecule has 21 heavy (non-hydrogen) atoms. The van der Waals surface area contributed by atoms with E-state index in [1.165, 1.54) is 30.5 Å². The van der Waals surface area contributed by atoms with Gasteiger partial charge in [0.25, 0.3) is 0 Å². The number of ketones is 1. The monoisotopic (exact) mass is 387 g/mol. The van der Waals surface area contributed by atoms with Gasteiger partial charge >= 0.3 is 0 Å². The minimum absolute atomic E-state index is 0.268. The molecule has 0 aromatic heterocycles. The molecular formula is C15H9BrCl2FNO. The minimum atomic E-state index is -0.425. The number of nitrogens with one attached hydrogen (secondary N) is 1. The molecule has 0 spiro atoms. The minimum Gasteiger partial charge on any atom is -0.359 e. The van der Waals surface area contributed by atoms with Gasteiger partial charge in [-0.05, 0) is 36.4 Å². The third-order valence-electron chi connectivity index (χ3n) is 2.60. The summed E-state index contributed by atoms with van der Waals surface area (Å²) < 4.78 is 14.2. The number of allylic oxidation sites excluding steroid dienone is 1. The molecule has 2 rings (SSSR count). The molecule has 0 heterocycles. The molecule has 0 bridgehead atoms. The molecule has 0 atom stereocenters. The van der Waals surface area contributed by atoms with Crippen molar-refractivity contribution in [3.05, 3.63) is 74.6 Å². The molecule has 2 aromatic rings. The summed E-state index contributed by atoms with van der Waals surface area (Å²) in [7, 11) is 0. The Labute approximate surface area is 139 Å². The molecule has 0 radical (unpaired) electrons. The van der Waals surface area contributed by atoms with Crippen LogP contribution in [0.25, 0.3) is 0 Å². The van der Waals surface area contributed by atoms with E-state index in [4.69, 9.17) is 23.2 Å². The second-order valence-corrected chi connectivity index (χ2v) is 5.85. The summed E-state index contributed by atoms with van der Waals surface area (Å²) in [5.41, 5.74) is 0.597. The van der Waals surface area contributed by atoms with Crippen LogP contribution in [0.4, 0.5) is 10.1 Å². The first kappa shape index (κ1) is 16.0. The summed E-state index contributed by atoms with van der Waals surface area (Å²) in [6.45, 7) is 0. The van der Waals surface area contributed by atoms with Crippen molar-refractivity contribution in [1.82, 2.24) is 0 Å². The van der Waals surface area contributed by atoms with Crippen LogP contribution in [0.5, 0.6) is 0 Å². The molecule has 2 nitrogen and oxygen atoms in total. The average Bonchev–Trinajstić information content (AvgIpc) is 2.41. The maximum Gasteiger partial charge on any atom is 0.188 e. The van der Waals surface area contributed by atoms with Crippen LogP contribution < -0.4 is 5.32 Å². The number of anilines is 1. The predicted octanol–water partition coefficient (Wildman–Crippen LogP) is 5.70. The maximum absolute atomic E-state index is 13.6. The number of hydrogen-bond acceptors (Lipinski definition) is 2. The number of halogens is 4. The topological polar surface area (TPSA) is 29.1 Å². The second kappa shape index (κ2) is 7.07. The molecule has 0 amide bonds. The van der Waals surface area contributed by atoms with Crippen molar-refractivity contribution < 1.29 is 9.18 Å². The number of rotatable bonds is 4. The third kappa shape index (κ3) is 4.30. The SMILES string of the molecule is O=C(/C=C/Nc1ccc(Br)cc1F)c1ccc(Cl)cc1Cl.